The van der Waals surface area contributed by atoms with Gasteiger partial charge >= 0.3 is 0 Å². The van der Waals surface area contributed by atoms with Crippen molar-refractivity contribution in [3.05, 3.63) is 23.7 Å². The van der Waals surface area contributed by atoms with Gasteiger partial charge in [-0.15, -0.1) is 0 Å². The van der Waals surface area contributed by atoms with Crippen LogP contribution in [0.25, 0.3) is 0 Å². The fourth-order valence-corrected chi connectivity index (χ4v) is 2.50. The first-order valence-corrected chi connectivity index (χ1v) is 5.78. The Labute approximate surface area is 101 Å². The Hall–Kier alpha value is 0.960. The van der Waals surface area contributed by atoms with E-state index in [4.69, 9.17) is 4.74 Å². The summed E-state index contributed by atoms with van der Waals surface area (Å²) in [6.07, 6.45) is 0. The molecule has 0 unspecified atom stereocenters. The Balaban J connectivity index is 3.21. The van der Waals surface area contributed by atoms with Crippen molar-refractivity contribution in [3.8, 4) is 5.75 Å². The SMILES string of the molecule is COc1cc(I)c(I)cc1Br. The lowest BCUT2D eigenvalue weighted by molar-refractivity contribution is 0.411. The van der Waals surface area contributed by atoms with Gasteiger partial charge in [-0.3, -0.25) is 0 Å². The maximum absolute atomic E-state index is 5.13. The summed E-state index contributed by atoms with van der Waals surface area (Å²) in [4.78, 5) is 0. The van der Waals surface area contributed by atoms with Gasteiger partial charge in [0.25, 0.3) is 0 Å². The second-order valence-electron chi connectivity index (χ2n) is 1.90. The normalized spacial score (nSPS) is 9.82. The molecule has 1 rings (SSSR count). The minimum atomic E-state index is 0.884. The summed E-state index contributed by atoms with van der Waals surface area (Å²) in [7, 11) is 1.67. The van der Waals surface area contributed by atoms with E-state index in [1.807, 2.05) is 12.1 Å². The van der Waals surface area contributed by atoms with Crippen LogP contribution in [0.4, 0.5) is 0 Å². The zero-order chi connectivity index (χ0) is 8.43. The maximum Gasteiger partial charge on any atom is 0.134 e. The lowest BCUT2D eigenvalue weighted by atomic mass is 10.3. The fourth-order valence-electron chi connectivity index (χ4n) is 0.661. The molecule has 0 saturated heterocycles. The van der Waals surface area contributed by atoms with E-state index in [-0.39, 0.29) is 0 Å². The second kappa shape index (κ2) is 4.27. The van der Waals surface area contributed by atoms with Gasteiger partial charge in [0.05, 0.1) is 11.6 Å². The van der Waals surface area contributed by atoms with Crippen molar-refractivity contribution in [3.63, 3.8) is 0 Å². The van der Waals surface area contributed by atoms with Crippen molar-refractivity contribution in [2.45, 2.75) is 0 Å². The molecular weight excluding hydrogens is 434 g/mol. The monoisotopic (exact) mass is 438 g/mol. The van der Waals surface area contributed by atoms with E-state index in [1.54, 1.807) is 7.11 Å². The van der Waals surface area contributed by atoms with Crippen LogP contribution >= 0.6 is 61.1 Å². The van der Waals surface area contributed by atoms with Crippen LogP contribution in [0, 0.1) is 7.14 Å². The molecule has 1 aromatic rings. The molecule has 60 valence electrons. The lowest BCUT2D eigenvalue weighted by Gasteiger charge is -2.04. The predicted octanol–water partition coefficient (Wildman–Crippen LogP) is 3.67. The Morgan fingerprint density at radius 2 is 1.82 bits per heavy atom. The maximum atomic E-state index is 5.13. The van der Waals surface area contributed by atoms with Gasteiger partial charge in [-0.1, -0.05) is 0 Å². The minimum Gasteiger partial charge on any atom is -0.496 e. The van der Waals surface area contributed by atoms with E-state index in [0.29, 0.717) is 0 Å². The molecule has 0 aromatic heterocycles. The van der Waals surface area contributed by atoms with E-state index >= 15 is 0 Å². The van der Waals surface area contributed by atoms with Gasteiger partial charge in [-0.25, -0.2) is 0 Å². The van der Waals surface area contributed by atoms with Crippen molar-refractivity contribution < 1.29 is 4.74 Å². The summed E-state index contributed by atoms with van der Waals surface area (Å²) in [5.74, 6) is 0.884. The molecule has 0 aliphatic carbocycles. The van der Waals surface area contributed by atoms with Gasteiger partial charge in [0.1, 0.15) is 5.75 Å². The first kappa shape index (κ1) is 10.0. The van der Waals surface area contributed by atoms with Crippen LogP contribution in [0.1, 0.15) is 0 Å². The van der Waals surface area contributed by atoms with Gasteiger partial charge in [-0.2, -0.15) is 0 Å². The largest absolute Gasteiger partial charge is 0.496 e. The third kappa shape index (κ3) is 2.45. The molecular formula is C7H5BrI2O. The molecule has 0 amide bonds. The van der Waals surface area contributed by atoms with Gasteiger partial charge in [0.15, 0.2) is 0 Å². The van der Waals surface area contributed by atoms with Gasteiger partial charge in [-0.05, 0) is 73.2 Å². The van der Waals surface area contributed by atoms with Crippen molar-refractivity contribution >= 4 is 61.1 Å². The molecule has 4 heteroatoms. The van der Waals surface area contributed by atoms with Crippen molar-refractivity contribution in [2.75, 3.05) is 7.11 Å². The number of ether oxygens (including phenoxy) is 1. The number of benzene rings is 1. The summed E-state index contributed by atoms with van der Waals surface area (Å²) >= 11 is 7.98. The van der Waals surface area contributed by atoms with E-state index in [9.17, 15) is 0 Å². The van der Waals surface area contributed by atoms with Gasteiger partial charge in [0.2, 0.25) is 0 Å². The van der Waals surface area contributed by atoms with Crippen molar-refractivity contribution in [1.82, 2.24) is 0 Å². The average molecular weight is 439 g/mol. The minimum absolute atomic E-state index is 0.884. The number of hydrogen-bond donors (Lipinski definition) is 0. The molecule has 0 atom stereocenters. The van der Waals surface area contributed by atoms with Gasteiger partial charge < -0.3 is 4.74 Å². The van der Waals surface area contributed by atoms with Crippen LogP contribution in [0.15, 0.2) is 16.6 Å². The lowest BCUT2D eigenvalue weighted by Crippen LogP contribution is -1.87. The van der Waals surface area contributed by atoms with Crippen LogP contribution in [0.3, 0.4) is 0 Å². The highest BCUT2D eigenvalue weighted by Crippen LogP contribution is 2.29. The molecule has 0 aliphatic rings. The second-order valence-corrected chi connectivity index (χ2v) is 5.08. The van der Waals surface area contributed by atoms with E-state index in [0.717, 1.165) is 10.2 Å². The number of halogens is 3. The predicted molar refractivity (Wildman–Crippen MR) is 66.1 cm³/mol. The highest BCUT2D eigenvalue weighted by molar-refractivity contribution is 14.1. The van der Waals surface area contributed by atoms with Crippen molar-refractivity contribution in [1.29, 1.82) is 0 Å². The molecule has 1 nitrogen and oxygen atoms in total. The number of hydrogen-bond acceptors (Lipinski definition) is 1. The Morgan fingerprint density at radius 1 is 1.27 bits per heavy atom. The molecule has 0 bridgehead atoms. The Kier molecular flexibility index (Phi) is 3.90. The molecule has 0 fully saturated rings. The number of rotatable bonds is 1. The first-order valence-electron chi connectivity index (χ1n) is 2.83. The molecule has 0 aliphatic heterocycles. The average Bonchev–Trinajstić information content (AvgIpc) is 1.97. The molecule has 0 radical (unpaired) electrons. The molecule has 11 heavy (non-hydrogen) atoms. The van der Waals surface area contributed by atoms with Crippen LogP contribution in [0.2, 0.25) is 0 Å². The molecule has 0 N–H and O–H groups in total. The molecule has 1 aromatic carbocycles. The van der Waals surface area contributed by atoms with E-state index in [2.05, 4.69) is 61.1 Å². The quantitative estimate of drug-likeness (QED) is 0.480. The van der Waals surface area contributed by atoms with Crippen LogP contribution in [0.5, 0.6) is 5.75 Å². The highest BCUT2D eigenvalue weighted by Gasteiger charge is 2.03. The van der Waals surface area contributed by atoms with Crippen LogP contribution < -0.4 is 4.74 Å². The van der Waals surface area contributed by atoms with E-state index < -0.39 is 0 Å². The summed E-state index contributed by atoms with van der Waals surface area (Å²) < 4.78 is 8.57. The summed E-state index contributed by atoms with van der Waals surface area (Å²) in [5, 5.41) is 0. The fraction of sp³-hybridized carbons (Fsp3) is 0.143. The summed E-state index contributed by atoms with van der Waals surface area (Å²) in [5.41, 5.74) is 0. The summed E-state index contributed by atoms with van der Waals surface area (Å²) in [6.45, 7) is 0. The zero-order valence-electron chi connectivity index (χ0n) is 5.70. The summed E-state index contributed by atoms with van der Waals surface area (Å²) in [6, 6.07) is 4.05. The van der Waals surface area contributed by atoms with Crippen LogP contribution in [-0.4, -0.2) is 7.11 Å². The van der Waals surface area contributed by atoms with Crippen LogP contribution in [-0.2, 0) is 0 Å². The van der Waals surface area contributed by atoms with Gasteiger partial charge in [0, 0.05) is 7.14 Å². The number of methoxy groups -OCH3 is 1. The standard InChI is InChI=1S/C7H5BrI2O/c1-11-7-3-6(10)5(9)2-4(7)8/h2-3H,1H3. The third-order valence-corrected chi connectivity index (χ3v) is 4.63. The highest BCUT2D eigenvalue weighted by atomic mass is 127. The van der Waals surface area contributed by atoms with Crippen molar-refractivity contribution in [2.24, 2.45) is 0 Å². The Bertz CT molecular complexity index is 275. The molecule has 0 spiro atoms. The van der Waals surface area contributed by atoms with E-state index in [1.165, 1.54) is 7.14 Å². The Morgan fingerprint density at radius 3 is 2.36 bits per heavy atom. The smallest absolute Gasteiger partial charge is 0.134 e. The third-order valence-electron chi connectivity index (χ3n) is 1.19. The zero-order valence-corrected chi connectivity index (χ0v) is 11.6. The molecule has 0 heterocycles. The topological polar surface area (TPSA) is 9.23 Å². The first-order chi connectivity index (χ1) is 5.15. The molecule has 0 saturated carbocycles.